The average molecular weight is 427 g/mol. The number of nitrogens with one attached hydrogen (secondary N) is 1. The number of nitrogens with zero attached hydrogens (tertiary/aromatic N) is 2. The molecule has 2 heterocycles. The number of carbonyl (C=O) groups is 1. The van der Waals surface area contributed by atoms with Gasteiger partial charge in [0.25, 0.3) is 5.91 Å². The van der Waals surface area contributed by atoms with Gasteiger partial charge >= 0.3 is 6.18 Å². The number of sulfonamides is 1. The maximum absolute atomic E-state index is 12.6. The Morgan fingerprint density at radius 2 is 1.79 bits per heavy atom. The number of hydrogen-bond acceptors (Lipinski definition) is 4. The molecule has 0 aliphatic carbocycles. The number of pyridine rings is 1. The van der Waals surface area contributed by atoms with Crippen LogP contribution in [-0.4, -0.2) is 43.8 Å². The third-order valence-electron chi connectivity index (χ3n) is 4.86. The van der Waals surface area contributed by atoms with Crippen LogP contribution >= 0.6 is 0 Å². The van der Waals surface area contributed by atoms with E-state index in [-0.39, 0.29) is 23.3 Å². The number of halogens is 3. The molecule has 6 nitrogen and oxygen atoms in total. The van der Waals surface area contributed by atoms with Crippen molar-refractivity contribution in [2.45, 2.75) is 23.9 Å². The van der Waals surface area contributed by atoms with Crippen LogP contribution < -0.4 is 4.72 Å². The van der Waals surface area contributed by atoms with Gasteiger partial charge in [-0.15, -0.1) is 0 Å². The number of benzene rings is 1. The van der Waals surface area contributed by atoms with Crippen LogP contribution in [0.15, 0.2) is 53.7 Å². The minimum absolute atomic E-state index is 0.0390. The van der Waals surface area contributed by atoms with Crippen LogP contribution in [0.3, 0.4) is 0 Å². The van der Waals surface area contributed by atoms with Crippen LogP contribution in [0.5, 0.6) is 0 Å². The molecule has 29 heavy (non-hydrogen) atoms. The van der Waals surface area contributed by atoms with Gasteiger partial charge in [-0.2, -0.15) is 13.2 Å². The summed E-state index contributed by atoms with van der Waals surface area (Å²) in [4.78, 5) is 17.8. The molecule has 0 atom stereocenters. The second kappa shape index (κ2) is 8.50. The largest absolute Gasteiger partial charge is 0.416 e. The number of rotatable bonds is 5. The molecule has 1 saturated heterocycles. The molecule has 10 heteroatoms. The SMILES string of the molecule is O=C(c1cccnc1)N1CCC(CNS(=O)(=O)c2ccc(C(F)(F)F)cc2)CC1. The first-order valence-electron chi connectivity index (χ1n) is 9.03. The van der Waals surface area contributed by atoms with E-state index in [4.69, 9.17) is 0 Å². The van der Waals surface area contributed by atoms with Crippen molar-refractivity contribution in [1.29, 1.82) is 0 Å². The summed E-state index contributed by atoms with van der Waals surface area (Å²) in [7, 11) is -3.90. The highest BCUT2D eigenvalue weighted by Crippen LogP contribution is 2.29. The standard InChI is InChI=1S/C19H20F3N3O3S/c20-19(21,22)16-3-5-17(6-4-16)29(27,28)24-12-14-7-10-25(11-8-14)18(26)15-2-1-9-23-13-15/h1-6,9,13-14,24H,7-8,10-12H2. The van der Waals surface area contributed by atoms with Crippen LogP contribution in [-0.2, 0) is 16.2 Å². The van der Waals surface area contributed by atoms with E-state index in [0.717, 1.165) is 24.3 Å². The Labute approximate surface area is 166 Å². The van der Waals surface area contributed by atoms with Crippen LogP contribution in [0, 0.1) is 5.92 Å². The van der Waals surface area contributed by atoms with E-state index in [0.29, 0.717) is 31.5 Å². The smallest absolute Gasteiger partial charge is 0.339 e. The molecule has 1 amide bonds. The average Bonchev–Trinajstić information content (AvgIpc) is 2.72. The molecule has 0 spiro atoms. The van der Waals surface area contributed by atoms with Gasteiger partial charge in [0, 0.05) is 32.0 Å². The molecule has 0 radical (unpaired) electrons. The van der Waals surface area contributed by atoms with Gasteiger partial charge < -0.3 is 4.90 Å². The van der Waals surface area contributed by atoms with Crippen LogP contribution in [0.2, 0.25) is 0 Å². The Bertz CT molecular complexity index is 940. The van der Waals surface area contributed by atoms with Gasteiger partial charge in [-0.25, -0.2) is 13.1 Å². The van der Waals surface area contributed by atoms with Gasteiger partial charge in [0.15, 0.2) is 0 Å². The van der Waals surface area contributed by atoms with Crippen molar-refractivity contribution in [2.75, 3.05) is 19.6 Å². The Morgan fingerprint density at radius 3 is 2.34 bits per heavy atom. The summed E-state index contributed by atoms with van der Waals surface area (Å²) in [6.07, 6.45) is -0.168. The molecule has 1 N–H and O–H groups in total. The van der Waals surface area contributed by atoms with Gasteiger partial charge in [-0.1, -0.05) is 0 Å². The summed E-state index contributed by atoms with van der Waals surface area (Å²) in [5.74, 6) is -0.0703. The van der Waals surface area contributed by atoms with Crippen molar-refractivity contribution >= 4 is 15.9 Å². The summed E-state index contributed by atoms with van der Waals surface area (Å²) in [5.41, 5.74) is -0.393. The minimum atomic E-state index is -4.52. The van der Waals surface area contributed by atoms with Crippen molar-refractivity contribution in [2.24, 2.45) is 5.92 Å². The number of alkyl halides is 3. The number of piperidine rings is 1. The second-order valence-electron chi connectivity index (χ2n) is 6.85. The molecule has 1 aliphatic rings. The van der Waals surface area contributed by atoms with E-state index < -0.39 is 21.8 Å². The summed E-state index contributed by atoms with van der Waals surface area (Å²) in [5, 5.41) is 0. The predicted octanol–water partition coefficient (Wildman–Crippen LogP) is 2.93. The number of amides is 1. The number of carbonyl (C=O) groups excluding carboxylic acids is 1. The third kappa shape index (κ3) is 5.33. The Morgan fingerprint density at radius 1 is 1.14 bits per heavy atom. The molecular formula is C19H20F3N3O3S. The van der Waals surface area contributed by atoms with Gasteiger partial charge in [-0.05, 0) is 55.2 Å². The first-order valence-corrected chi connectivity index (χ1v) is 10.5. The fraction of sp³-hybridized carbons (Fsp3) is 0.368. The van der Waals surface area contributed by atoms with Crippen molar-refractivity contribution in [3.05, 3.63) is 59.9 Å². The molecular weight excluding hydrogens is 407 g/mol. The van der Waals surface area contributed by atoms with Crippen molar-refractivity contribution < 1.29 is 26.4 Å². The normalized spacial score (nSPS) is 16.0. The van der Waals surface area contributed by atoms with Gasteiger partial charge in [-0.3, -0.25) is 9.78 Å². The molecule has 0 saturated carbocycles. The molecule has 2 aromatic rings. The maximum Gasteiger partial charge on any atom is 0.416 e. The first kappa shape index (κ1) is 21.3. The highest BCUT2D eigenvalue weighted by atomic mass is 32.2. The van der Waals surface area contributed by atoms with E-state index in [1.54, 1.807) is 23.2 Å². The molecule has 1 aromatic heterocycles. The van der Waals surface area contributed by atoms with Gasteiger partial charge in [0.05, 0.1) is 16.0 Å². The quantitative estimate of drug-likeness (QED) is 0.796. The molecule has 1 aliphatic heterocycles. The van der Waals surface area contributed by atoms with E-state index in [9.17, 15) is 26.4 Å². The Balaban J connectivity index is 1.52. The number of aromatic nitrogens is 1. The third-order valence-corrected chi connectivity index (χ3v) is 6.30. The molecule has 1 fully saturated rings. The first-order chi connectivity index (χ1) is 13.7. The van der Waals surface area contributed by atoms with Crippen molar-refractivity contribution in [1.82, 2.24) is 14.6 Å². The van der Waals surface area contributed by atoms with E-state index in [1.807, 2.05) is 0 Å². The summed E-state index contributed by atoms with van der Waals surface area (Å²) in [6.45, 7) is 1.17. The molecule has 0 unspecified atom stereocenters. The molecule has 3 rings (SSSR count). The molecule has 1 aromatic carbocycles. The van der Waals surface area contributed by atoms with Gasteiger partial charge in [0.2, 0.25) is 10.0 Å². The van der Waals surface area contributed by atoms with E-state index >= 15 is 0 Å². The zero-order valence-electron chi connectivity index (χ0n) is 15.4. The fourth-order valence-corrected chi connectivity index (χ4v) is 4.26. The topological polar surface area (TPSA) is 79.4 Å². The lowest BCUT2D eigenvalue weighted by molar-refractivity contribution is -0.137. The molecule has 0 bridgehead atoms. The summed E-state index contributed by atoms with van der Waals surface area (Å²) >= 11 is 0. The Hall–Kier alpha value is -2.46. The maximum atomic E-state index is 12.6. The zero-order chi connectivity index (χ0) is 21.1. The van der Waals surface area contributed by atoms with Gasteiger partial charge in [0.1, 0.15) is 0 Å². The minimum Gasteiger partial charge on any atom is -0.339 e. The summed E-state index contributed by atoms with van der Waals surface area (Å²) in [6, 6.07) is 6.77. The van der Waals surface area contributed by atoms with Crippen LogP contribution in [0.25, 0.3) is 0 Å². The van der Waals surface area contributed by atoms with Crippen LogP contribution in [0.4, 0.5) is 13.2 Å². The monoisotopic (exact) mass is 427 g/mol. The van der Waals surface area contributed by atoms with Crippen molar-refractivity contribution in [3.8, 4) is 0 Å². The highest BCUT2D eigenvalue weighted by molar-refractivity contribution is 7.89. The highest BCUT2D eigenvalue weighted by Gasteiger charge is 2.31. The van der Waals surface area contributed by atoms with Crippen LogP contribution in [0.1, 0.15) is 28.8 Å². The predicted molar refractivity (Wildman–Crippen MR) is 99.5 cm³/mol. The second-order valence-corrected chi connectivity index (χ2v) is 8.62. The van der Waals surface area contributed by atoms with Crippen molar-refractivity contribution in [3.63, 3.8) is 0 Å². The number of likely N-dealkylation sites (tertiary alicyclic amines) is 1. The lowest BCUT2D eigenvalue weighted by atomic mass is 9.97. The fourth-order valence-electron chi connectivity index (χ4n) is 3.15. The van der Waals surface area contributed by atoms with E-state index in [1.165, 1.54) is 6.20 Å². The van der Waals surface area contributed by atoms with E-state index in [2.05, 4.69) is 9.71 Å². The molecule has 156 valence electrons. The lowest BCUT2D eigenvalue weighted by Crippen LogP contribution is -2.41. The Kier molecular flexibility index (Phi) is 6.23. The number of hydrogen-bond donors (Lipinski definition) is 1. The summed E-state index contributed by atoms with van der Waals surface area (Å²) < 4.78 is 64.9. The zero-order valence-corrected chi connectivity index (χ0v) is 16.2. The lowest BCUT2D eigenvalue weighted by Gasteiger charge is -2.32.